The SMILES string of the molecule is COC(=O)Cn1c(C)nc2sc(-c3ccccc3)c(C)c2c1=S. The van der Waals surface area contributed by atoms with E-state index in [1.165, 1.54) is 7.11 Å². The highest BCUT2D eigenvalue weighted by atomic mass is 32.1. The van der Waals surface area contributed by atoms with Gasteiger partial charge in [-0.3, -0.25) is 4.79 Å². The first kappa shape index (κ1) is 15.8. The summed E-state index contributed by atoms with van der Waals surface area (Å²) in [5.41, 5.74) is 2.26. The van der Waals surface area contributed by atoms with Crippen molar-refractivity contribution < 1.29 is 9.53 Å². The maximum atomic E-state index is 11.6. The molecule has 0 unspecified atom stereocenters. The predicted molar refractivity (Wildman–Crippen MR) is 95.4 cm³/mol. The lowest BCUT2D eigenvalue weighted by Crippen LogP contribution is -2.16. The van der Waals surface area contributed by atoms with E-state index in [2.05, 4.69) is 24.0 Å². The van der Waals surface area contributed by atoms with Crippen LogP contribution >= 0.6 is 23.6 Å². The molecule has 3 aromatic rings. The third kappa shape index (κ3) is 2.80. The monoisotopic (exact) mass is 344 g/mol. The van der Waals surface area contributed by atoms with Gasteiger partial charge in [0.05, 0.1) is 7.11 Å². The molecule has 23 heavy (non-hydrogen) atoms. The summed E-state index contributed by atoms with van der Waals surface area (Å²) in [7, 11) is 1.37. The van der Waals surface area contributed by atoms with Crippen LogP contribution in [0.5, 0.6) is 0 Å². The summed E-state index contributed by atoms with van der Waals surface area (Å²) in [5.74, 6) is 0.385. The number of methoxy groups -OCH3 is 1. The van der Waals surface area contributed by atoms with Gasteiger partial charge in [0.2, 0.25) is 0 Å². The number of hydrogen-bond donors (Lipinski definition) is 0. The van der Waals surface area contributed by atoms with Gasteiger partial charge < -0.3 is 9.30 Å². The largest absolute Gasteiger partial charge is 0.468 e. The van der Waals surface area contributed by atoms with Crippen LogP contribution in [-0.2, 0) is 16.1 Å². The second-order valence-electron chi connectivity index (χ2n) is 5.23. The van der Waals surface area contributed by atoms with Gasteiger partial charge >= 0.3 is 5.97 Å². The molecule has 0 radical (unpaired) electrons. The molecular weight excluding hydrogens is 328 g/mol. The Labute approximate surface area is 143 Å². The number of benzene rings is 1. The van der Waals surface area contributed by atoms with Gasteiger partial charge in [0.25, 0.3) is 0 Å². The predicted octanol–water partition coefficient (Wildman–Crippen LogP) is 4.28. The Morgan fingerprint density at radius 2 is 2.00 bits per heavy atom. The third-order valence-corrected chi connectivity index (χ3v) is 5.45. The molecule has 0 N–H and O–H groups in total. The number of rotatable bonds is 3. The van der Waals surface area contributed by atoms with Crippen LogP contribution in [0.2, 0.25) is 0 Å². The lowest BCUT2D eigenvalue weighted by molar-refractivity contribution is -0.141. The number of aromatic nitrogens is 2. The molecule has 4 nitrogen and oxygen atoms in total. The number of esters is 1. The lowest BCUT2D eigenvalue weighted by Gasteiger charge is -2.09. The number of fused-ring (bicyclic) bond motifs is 1. The quantitative estimate of drug-likeness (QED) is 0.525. The Hall–Kier alpha value is -2.05. The normalized spacial score (nSPS) is 10.9. The van der Waals surface area contributed by atoms with Crippen molar-refractivity contribution >= 4 is 39.7 Å². The molecule has 2 heterocycles. The lowest BCUT2D eigenvalue weighted by atomic mass is 10.1. The van der Waals surface area contributed by atoms with Gasteiger partial charge in [-0.1, -0.05) is 42.5 Å². The molecule has 0 saturated carbocycles. The van der Waals surface area contributed by atoms with E-state index in [1.54, 1.807) is 15.9 Å². The van der Waals surface area contributed by atoms with Crippen molar-refractivity contribution in [1.82, 2.24) is 9.55 Å². The molecule has 2 aromatic heterocycles. The zero-order chi connectivity index (χ0) is 16.6. The molecule has 6 heteroatoms. The molecule has 3 rings (SSSR count). The minimum Gasteiger partial charge on any atom is -0.468 e. The molecular formula is C17H16N2O2S2. The molecule has 0 atom stereocenters. The molecule has 0 aliphatic heterocycles. The summed E-state index contributed by atoms with van der Waals surface area (Å²) in [5, 5.41) is 0.943. The van der Waals surface area contributed by atoms with E-state index in [9.17, 15) is 4.79 Å². The van der Waals surface area contributed by atoms with Gasteiger partial charge in [-0.15, -0.1) is 11.3 Å². The average Bonchev–Trinajstić information content (AvgIpc) is 2.88. The number of carbonyl (C=O) groups excluding carboxylic acids is 1. The first-order valence-corrected chi connectivity index (χ1v) is 8.38. The summed E-state index contributed by atoms with van der Waals surface area (Å²) < 4.78 is 7.12. The third-order valence-electron chi connectivity index (χ3n) is 3.79. The highest BCUT2D eigenvalue weighted by Gasteiger charge is 2.16. The van der Waals surface area contributed by atoms with Crippen LogP contribution in [0.4, 0.5) is 0 Å². The molecule has 0 aliphatic carbocycles. The molecule has 118 valence electrons. The minimum atomic E-state index is -0.332. The van der Waals surface area contributed by atoms with Crippen molar-refractivity contribution in [3.8, 4) is 10.4 Å². The number of ether oxygens (including phenoxy) is 1. The van der Waals surface area contributed by atoms with Crippen LogP contribution in [0, 0.1) is 18.5 Å². The maximum Gasteiger partial charge on any atom is 0.325 e. The fourth-order valence-corrected chi connectivity index (χ4v) is 4.31. The average molecular weight is 344 g/mol. The molecule has 0 bridgehead atoms. The number of carbonyl (C=O) groups is 1. The molecule has 0 spiro atoms. The van der Waals surface area contributed by atoms with Crippen molar-refractivity contribution in [3.05, 3.63) is 46.4 Å². The minimum absolute atomic E-state index is 0.0834. The van der Waals surface area contributed by atoms with Crippen LogP contribution in [0.1, 0.15) is 11.4 Å². The van der Waals surface area contributed by atoms with E-state index >= 15 is 0 Å². The van der Waals surface area contributed by atoms with E-state index in [0.717, 1.165) is 26.2 Å². The number of hydrogen-bond acceptors (Lipinski definition) is 5. The summed E-state index contributed by atoms with van der Waals surface area (Å²) in [6.45, 7) is 3.99. The van der Waals surface area contributed by atoms with Crippen molar-refractivity contribution in [2.45, 2.75) is 20.4 Å². The number of thiophene rings is 1. The molecule has 0 fully saturated rings. The van der Waals surface area contributed by atoms with Gasteiger partial charge in [-0.05, 0) is 25.0 Å². The van der Waals surface area contributed by atoms with E-state index in [-0.39, 0.29) is 12.5 Å². The Bertz CT molecular complexity index is 943. The van der Waals surface area contributed by atoms with E-state index in [1.807, 2.05) is 25.1 Å². The summed E-state index contributed by atoms with van der Waals surface area (Å²) in [6, 6.07) is 10.2. The van der Waals surface area contributed by atoms with Gasteiger partial charge in [-0.25, -0.2) is 4.98 Å². The highest BCUT2D eigenvalue weighted by Crippen LogP contribution is 2.37. The standard InChI is InChI=1S/C17H16N2O2S2/c1-10-14-16(23-15(10)12-7-5-4-6-8-12)18-11(2)19(17(14)22)9-13(20)21-3/h4-8H,9H2,1-3H3. The van der Waals surface area contributed by atoms with Gasteiger partial charge in [-0.2, -0.15) is 0 Å². The Kier molecular flexibility index (Phi) is 4.28. The number of nitrogens with zero attached hydrogens (tertiary/aromatic N) is 2. The van der Waals surface area contributed by atoms with Gasteiger partial charge in [0.15, 0.2) is 0 Å². The molecule has 1 aromatic carbocycles. The zero-order valence-corrected chi connectivity index (χ0v) is 14.8. The van der Waals surface area contributed by atoms with E-state index in [0.29, 0.717) is 10.5 Å². The van der Waals surface area contributed by atoms with Crippen molar-refractivity contribution in [2.75, 3.05) is 7.11 Å². The van der Waals surface area contributed by atoms with Crippen LogP contribution in [-0.4, -0.2) is 22.6 Å². The Morgan fingerprint density at radius 3 is 2.65 bits per heavy atom. The van der Waals surface area contributed by atoms with Crippen LogP contribution in [0.25, 0.3) is 20.7 Å². The second-order valence-corrected chi connectivity index (χ2v) is 6.61. The van der Waals surface area contributed by atoms with E-state index in [4.69, 9.17) is 17.0 Å². The zero-order valence-electron chi connectivity index (χ0n) is 13.1. The van der Waals surface area contributed by atoms with Crippen LogP contribution in [0.15, 0.2) is 30.3 Å². The fourth-order valence-electron chi connectivity index (χ4n) is 2.56. The fraction of sp³-hybridized carbons (Fsp3) is 0.235. The van der Waals surface area contributed by atoms with Crippen LogP contribution < -0.4 is 0 Å². The summed E-state index contributed by atoms with van der Waals surface area (Å²) >= 11 is 7.25. The Balaban J connectivity index is 2.24. The van der Waals surface area contributed by atoms with Gasteiger partial charge in [0, 0.05) is 10.3 Å². The summed E-state index contributed by atoms with van der Waals surface area (Å²) in [6.07, 6.45) is 0. The van der Waals surface area contributed by atoms with Crippen molar-refractivity contribution in [3.63, 3.8) is 0 Å². The Morgan fingerprint density at radius 1 is 1.30 bits per heavy atom. The first-order valence-electron chi connectivity index (χ1n) is 7.15. The first-order chi connectivity index (χ1) is 11.0. The maximum absolute atomic E-state index is 11.6. The number of aryl methyl sites for hydroxylation is 2. The second kappa shape index (κ2) is 6.22. The molecule has 0 saturated heterocycles. The highest BCUT2D eigenvalue weighted by molar-refractivity contribution is 7.71. The van der Waals surface area contributed by atoms with Crippen LogP contribution in [0.3, 0.4) is 0 Å². The van der Waals surface area contributed by atoms with Gasteiger partial charge in [0.1, 0.15) is 21.8 Å². The van der Waals surface area contributed by atoms with E-state index < -0.39 is 0 Å². The summed E-state index contributed by atoms with van der Waals surface area (Å²) in [4.78, 5) is 18.3. The molecule has 0 aliphatic rings. The van der Waals surface area contributed by atoms with Crippen molar-refractivity contribution in [1.29, 1.82) is 0 Å². The molecule has 0 amide bonds. The van der Waals surface area contributed by atoms with Crippen molar-refractivity contribution in [2.24, 2.45) is 0 Å². The topological polar surface area (TPSA) is 44.1 Å². The smallest absolute Gasteiger partial charge is 0.325 e.